The molecule has 0 aromatic heterocycles. The lowest BCUT2D eigenvalue weighted by Gasteiger charge is -2.11. The summed E-state index contributed by atoms with van der Waals surface area (Å²) in [5.41, 5.74) is 0. The van der Waals surface area contributed by atoms with Crippen molar-refractivity contribution in [3.05, 3.63) is 0 Å². The van der Waals surface area contributed by atoms with Gasteiger partial charge in [-0.1, -0.05) is 6.92 Å². The van der Waals surface area contributed by atoms with Gasteiger partial charge < -0.3 is 5.11 Å². The molecule has 0 heterocycles. The van der Waals surface area contributed by atoms with Gasteiger partial charge in [0.05, 0.1) is 24.0 Å². The predicted octanol–water partition coefficient (Wildman–Crippen LogP) is 1.54. The van der Waals surface area contributed by atoms with Crippen molar-refractivity contribution in [3.63, 3.8) is 0 Å². The van der Waals surface area contributed by atoms with E-state index in [-0.39, 0.29) is 18.8 Å². The molecule has 0 aromatic rings. The Morgan fingerprint density at radius 2 is 1.92 bits per heavy atom. The van der Waals surface area contributed by atoms with Gasteiger partial charge in [0, 0.05) is 6.42 Å². The maximum atomic E-state index is 10.2. The van der Waals surface area contributed by atoms with Crippen molar-refractivity contribution in [3.8, 4) is 12.1 Å². The largest absolute Gasteiger partial charge is 0.481 e. The third-order valence-corrected chi connectivity index (χ3v) is 1.93. The fourth-order valence-corrected chi connectivity index (χ4v) is 1.10. The number of nitrogens with zero attached hydrogens (tertiary/aromatic N) is 2. The van der Waals surface area contributed by atoms with E-state index in [1.165, 1.54) is 0 Å². The maximum Gasteiger partial charge on any atom is 0.303 e. The second kappa shape index (κ2) is 6.02. The zero-order valence-electron chi connectivity index (χ0n) is 7.53. The van der Waals surface area contributed by atoms with Crippen LogP contribution in [0.15, 0.2) is 0 Å². The normalized spacial score (nSPS) is 13.8. The quantitative estimate of drug-likeness (QED) is 0.695. The average molecular weight is 180 g/mol. The van der Waals surface area contributed by atoms with Gasteiger partial charge in [-0.3, -0.25) is 4.79 Å². The highest BCUT2D eigenvalue weighted by Crippen LogP contribution is 2.19. The van der Waals surface area contributed by atoms with Crippen LogP contribution >= 0.6 is 0 Å². The van der Waals surface area contributed by atoms with Gasteiger partial charge in [-0.2, -0.15) is 10.5 Å². The zero-order chi connectivity index (χ0) is 10.3. The van der Waals surface area contributed by atoms with E-state index in [4.69, 9.17) is 15.6 Å². The number of carboxylic acids is 1. The summed E-state index contributed by atoms with van der Waals surface area (Å²) in [6.07, 6.45) is 0.808. The fourth-order valence-electron chi connectivity index (χ4n) is 1.10. The Balaban J connectivity index is 4.12. The van der Waals surface area contributed by atoms with Crippen LogP contribution in [0, 0.1) is 34.5 Å². The second-order valence-corrected chi connectivity index (χ2v) is 2.81. The lowest BCUT2D eigenvalue weighted by atomic mass is 9.89. The minimum Gasteiger partial charge on any atom is -0.481 e. The van der Waals surface area contributed by atoms with Crippen LogP contribution in [0.3, 0.4) is 0 Å². The first-order chi connectivity index (χ1) is 6.15. The van der Waals surface area contributed by atoms with Crippen molar-refractivity contribution in [2.45, 2.75) is 26.2 Å². The summed E-state index contributed by atoms with van der Waals surface area (Å²) < 4.78 is 0. The van der Waals surface area contributed by atoms with Crippen LogP contribution in [0.1, 0.15) is 26.2 Å². The van der Waals surface area contributed by atoms with Crippen LogP contribution in [0.25, 0.3) is 0 Å². The molecule has 0 saturated heterocycles. The molecule has 2 atom stereocenters. The summed E-state index contributed by atoms with van der Waals surface area (Å²) in [5.74, 6) is -1.72. The highest BCUT2D eigenvalue weighted by Gasteiger charge is 2.19. The van der Waals surface area contributed by atoms with Crippen molar-refractivity contribution in [1.82, 2.24) is 0 Å². The summed E-state index contributed by atoms with van der Waals surface area (Å²) >= 11 is 0. The molecule has 70 valence electrons. The monoisotopic (exact) mass is 180 g/mol. The van der Waals surface area contributed by atoms with Gasteiger partial charge in [0.15, 0.2) is 0 Å². The number of carboxylic acid groups (broad SMARTS) is 1. The summed E-state index contributed by atoms with van der Waals surface area (Å²) in [4.78, 5) is 10.2. The van der Waals surface area contributed by atoms with Crippen LogP contribution in [0.5, 0.6) is 0 Å². The first-order valence-corrected chi connectivity index (χ1v) is 4.16. The van der Waals surface area contributed by atoms with Crippen molar-refractivity contribution >= 4 is 5.97 Å². The van der Waals surface area contributed by atoms with Crippen molar-refractivity contribution in [2.24, 2.45) is 11.8 Å². The van der Waals surface area contributed by atoms with Crippen LogP contribution in [-0.2, 0) is 4.79 Å². The van der Waals surface area contributed by atoms with Crippen molar-refractivity contribution in [2.75, 3.05) is 0 Å². The van der Waals surface area contributed by atoms with E-state index < -0.39 is 11.9 Å². The maximum absolute atomic E-state index is 10.2. The molecule has 13 heavy (non-hydrogen) atoms. The molecule has 1 N–H and O–H groups in total. The molecule has 0 aliphatic rings. The van der Waals surface area contributed by atoms with Gasteiger partial charge in [-0.05, 0) is 12.8 Å². The molecule has 0 spiro atoms. The van der Waals surface area contributed by atoms with Gasteiger partial charge in [0.2, 0.25) is 0 Å². The minimum atomic E-state index is -0.923. The van der Waals surface area contributed by atoms with E-state index in [2.05, 4.69) is 0 Å². The molecule has 2 unspecified atom stereocenters. The molecular weight excluding hydrogens is 168 g/mol. The van der Waals surface area contributed by atoms with Gasteiger partial charge in [0.1, 0.15) is 0 Å². The first kappa shape index (κ1) is 11.4. The summed E-state index contributed by atoms with van der Waals surface area (Å²) in [6, 6.07) is 3.98. The SMILES string of the molecule is CCC(C#N)C(C#N)CCC(=O)O. The van der Waals surface area contributed by atoms with E-state index in [0.29, 0.717) is 6.42 Å². The lowest BCUT2D eigenvalue weighted by molar-refractivity contribution is -0.137. The Morgan fingerprint density at radius 3 is 2.23 bits per heavy atom. The Morgan fingerprint density at radius 1 is 1.38 bits per heavy atom. The fraction of sp³-hybridized carbons (Fsp3) is 0.667. The number of carbonyl (C=O) groups is 1. The van der Waals surface area contributed by atoms with E-state index in [9.17, 15) is 4.79 Å². The van der Waals surface area contributed by atoms with Crippen LogP contribution in [0.4, 0.5) is 0 Å². The third-order valence-electron chi connectivity index (χ3n) is 1.93. The number of hydrogen-bond donors (Lipinski definition) is 1. The minimum absolute atomic E-state index is 0.0452. The topological polar surface area (TPSA) is 84.9 Å². The molecule has 0 aliphatic heterocycles. The smallest absolute Gasteiger partial charge is 0.303 e. The molecule has 0 aliphatic carbocycles. The molecule has 0 bridgehead atoms. The Bertz CT molecular complexity index is 249. The summed E-state index contributed by atoms with van der Waals surface area (Å²) in [5, 5.41) is 25.7. The zero-order valence-corrected chi connectivity index (χ0v) is 7.53. The molecule has 0 saturated carbocycles. The Kier molecular flexibility index (Phi) is 5.30. The molecule has 0 rings (SSSR count). The molecule has 0 aromatic carbocycles. The summed E-state index contributed by atoms with van der Waals surface area (Å²) in [7, 11) is 0. The Hall–Kier alpha value is -1.55. The van der Waals surface area contributed by atoms with E-state index in [1.807, 2.05) is 19.1 Å². The highest BCUT2D eigenvalue weighted by atomic mass is 16.4. The molecule has 4 nitrogen and oxygen atoms in total. The molecule has 0 radical (unpaired) electrons. The van der Waals surface area contributed by atoms with E-state index in [1.54, 1.807) is 0 Å². The van der Waals surface area contributed by atoms with Crippen molar-refractivity contribution in [1.29, 1.82) is 10.5 Å². The number of rotatable bonds is 5. The van der Waals surface area contributed by atoms with Crippen LogP contribution in [0.2, 0.25) is 0 Å². The molecule has 4 heteroatoms. The van der Waals surface area contributed by atoms with Crippen LogP contribution in [-0.4, -0.2) is 11.1 Å². The average Bonchev–Trinajstić information content (AvgIpc) is 2.11. The van der Waals surface area contributed by atoms with Gasteiger partial charge in [0.25, 0.3) is 0 Å². The number of aliphatic carboxylic acids is 1. The van der Waals surface area contributed by atoms with Crippen LogP contribution < -0.4 is 0 Å². The lowest BCUT2D eigenvalue weighted by Crippen LogP contribution is -2.12. The first-order valence-electron chi connectivity index (χ1n) is 4.16. The highest BCUT2D eigenvalue weighted by molar-refractivity contribution is 5.66. The molecule has 0 fully saturated rings. The van der Waals surface area contributed by atoms with Gasteiger partial charge in [-0.15, -0.1) is 0 Å². The summed E-state index contributed by atoms with van der Waals surface area (Å²) in [6.45, 7) is 1.82. The standard InChI is InChI=1S/C9H12N2O2/c1-2-7(5-10)8(6-11)3-4-9(12)13/h7-8H,2-4H2,1H3,(H,12,13). The van der Waals surface area contributed by atoms with E-state index in [0.717, 1.165) is 0 Å². The van der Waals surface area contributed by atoms with E-state index >= 15 is 0 Å². The number of hydrogen-bond acceptors (Lipinski definition) is 3. The molecule has 0 amide bonds. The predicted molar refractivity (Wildman–Crippen MR) is 45.4 cm³/mol. The molecular formula is C9H12N2O2. The third kappa shape index (κ3) is 4.12. The van der Waals surface area contributed by atoms with Crippen molar-refractivity contribution < 1.29 is 9.90 Å². The number of nitriles is 2. The second-order valence-electron chi connectivity index (χ2n) is 2.81. The van der Waals surface area contributed by atoms with Gasteiger partial charge in [-0.25, -0.2) is 0 Å². The van der Waals surface area contributed by atoms with Gasteiger partial charge >= 0.3 is 5.97 Å². The Labute approximate surface area is 77.4 Å².